The van der Waals surface area contributed by atoms with Gasteiger partial charge in [-0.05, 0) is 30.0 Å². The Labute approximate surface area is 95.7 Å². The molecule has 1 N–H and O–H groups in total. The van der Waals surface area contributed by atoms with Gasteiger partial charge in [-0.3, -0.25) is 0 Å². The molecule has 0 aliphatic rings. The lowest BCUT2D eigenvalue weighted by Crippen LogP contribution is -1.98. The third kappa shape index (κ3) is 1.63. The molecule has 2 rings (SSSR count). The van der Waals surface area contributed by atoms with Crippen LogP contribution in [0.15, 0.2) is 34.8 Å². The van der Waals surface area contributed by atoms with Crippen molar-refractivity contribution in [1.82, 2.24) is 0 Å². The lowest BCUT2D eigenvalue weighted by Gasteiger charge is -2.07. The van der Waals surface area contributed by atoms with E-state index in [9.17, 15) is 4.79 Å². The summed E-state index contributed by atoms with van der Waals surface area (Å²) in [6.07, 6.45) is 0. The van der Waals surface area contributed by atoms with Crippen LogP contribution in [0.3, 0.4) is 0 Å². The van der Waals surface area contributed by atoms with E-state index in [0.29, 0.717) is 5.56 Å². The topological polar surface area (TPSA) is 37.3 Å². The van der Waals surface area contributed by atoms with Gasteiger partial charge in [0.25, 0.3) is 0 Å². The Morgan fingerprint density at radius 1 is 1.27 bits per heavy atom. The minimum Gasteiger partial charge on any atom is -0.478 e. The number of aromatic carboxylic acids is 1. The second-order valence-corrected chi connectivity index (χ2v) is 4.25. The van der Waals surface area contributed by atoms with Crippen LogP contribution in [0, 0.1) is 6.92 Å². The monoisotopic (exact) mass is 264 g/mol. The highest BCUT2D eigenvalue weighted by molar-refractivity contribution is 9.10. The first kappa shape index (κ1) is 10.2. The van der Waals surface area contributed by atoms with Gasteiger partial charge >= 0.3 is 5.97 Å². The fraction of sp³-hybridized carbons (Fsp3) is 0.0833. The molecule has 0 aliphatic heterocycles. The van der Waals surface area contributed by atoms with E-state index in [1.807, 2.05) is 25.1 Å². The van der Waals surface area contributed by atoms with Crippen LogP contribution in [0.25, 0.3) is 10.8 Å². The molecule has 0 radical (unpaired) electrons. The summed E-state index contributed by atoms with van der Waals surface area (Å²) in [5.41, 5.74) is 1.33. The molecule has 0 bridgehead atoms. The van der Waals surface area contributed by atoms with E-state index in [1.165, 1.54) is 0 Å². The van der Waals surface area contributed by atoms with Gasteiger partial charge in [-0.1, -0.05) is 34.1 Å². The normalized spacial score (nSPS) is 10.5. The first-order chi connectivity index (χ1) is 7.11. The van der Waals surface area contributed by atoms with Crippen LogP contribution in [-0.4, -0.2) is 11.1 Å². The lowest BCUT2D eigenvalue weighted by molar-refractivity contribution is 0.0699. The first-order valence-corrected chi connectivity index (χ1v) is 5.31. The predicted octanol–water partition coefficient (Wildman–Crippen LogP) is 3.61. The third-order valence-electron chi connectivity index (χ3n) is 2.43. The van der Waals surface area contributed by atoms with Gasteiger partial charge in [0.2, 0.25) is 0 Å². The van der Waals surface area contributed by atoms with Crippen molar-refractivity contribution in [3.05, 3.63) is 45.9 Å². The van der Waals surface area contributed by atoms with Crippen LogP contribution in [0.2, 0.25) is 0 Å². The van der Waals surface area contributed by atoms with Crippen molar-refractivity contribution >= 4 is 32.7 Å². The number of carboxylic acids is 1. The second-order valence-electron chi connectivity index (χ2n) is 3.40. The highest BCUT2D eigenvalue weighted by Gasteiger charge is 2.11. The van der Waals surface area contributed by atoms with E-state index in [2.05, 4.69) is 15.9 Å². The van der Waals surface area contributed by atoms with Gasteiger partial charge in [0.05, 0.1) is 5.56 Å². The fourth-order valence-corrected chi connectivity index (χ4v) is 2.19. The number of carbonyl (C=O) groups is 1. The van der Waals surface area contributed by atoms with Crippen LogP contribution in [0.4, 0.5) is 0 Å². The summed E-state index contributed by atoms with van der Waals surface area (Å²) in [6, 6.07) is 9.15. The van der Waals surface area contributed by atoms with Crippen LogP contribution in [0.5, 0.6) is 0 Å². The van der Waals surface area contributed by atoms with Gasteiger partial charge in [-0.15, -0.1) is 0 Å². The predicted molar refractivity (Wildman–Crippen MR) is 63.3 cm³/mol. The average molecular weight is 265 g/mol. The van der Waals surface area contributed by atoms with Gasteiger partial charge in [-0.2, -0.15) is 0 Å². The van der Waals surface area contributed by atoms with Crippen molar-refractivity contribution in [2.24, 2.45) is 0 Å². The van der Waals surface area contributed by atoms with Gasteiger partial charge in [0.15, 0.2) is 0 Å². The summed E-state index contributed by atoms with van der Waals surface area (Å²) in [5.74, 6) is -0.887. The summed E-state index contributed by atoms with van der Waals surface area (Å²) in [7, 11) is 0. The molecular formula is C12H9BrO2. The zero-order valence-electron chi connectivity index (χ0n) is 8.12. The molecule has 0 spiro atoms. The van der Waals surface area contributed by atoms with Crippen LogP contribution in [-0.2, 0) is 0 Å². The Balaban J connectivity index is 2.96. The summed E-state index contributed by atoms with van der Waals surface area (Å²) in [5, 5.41) is 10.8. The Morgan fingerprint density at radius 3 is 2.67 bits per heavy atom. The summed E-state index contributed by atoms with van der Waals surface area (Å²) >= 11 is 3.42. The van der Waals surface area contributed by atoms with Crippen molar-refractivity contribution in [3.63, 3.8) is 0 Å². The molecule has 2 aromatic carbocycles. The molecule has 0 aliphatic carbocycles. The molecule has 0 heterocycles. The van der Waals surface area contributed by atoms with Gasteiger partial charge < -0.3 is 5.11 Å². The van der Waals surface area contributed by atoms with E-state index in [4.69, 9.17) is 5.11 Å². The Bertz CT molecular complexity index is 547. The number of halogens is 1. The summed E-state index contributed by atoms with van der Waals surface area (Å²) in [6.45, 7) is 1.92. The number of hydrogen-bond acceptors (Lipinski definition) is 1. The number of fused-ring (bicyclic) bond motifs is 1. The van der Waals surface area contributed by atoms with Crippen molar-refractivity contribution in [2.75, 3.05) is 0 Å². The van der Waals surface area contributed by atoms with Gasteiger partial charge in [0.1, 0.15) is 0 Å². The molecular weight excluding hydrogens is 256 g/mol. The number of hydrogen-bond donors (Lipinski definition) is 1. The van der Waals surface area contributed by atoms with Crippen molar-refractivity contribution in [1.29, 1.82) is 0 Å². The number of aryl methyl sites for hydroxylation is 1. The first-order valence-electron chi connectivity index (χ1n) is 4.52. The maximum Gasteiger partial charge on any atom is 0.336 e. The average Bonchev–Trinajstić information content (AvgIpc) is 2.23. The standard InChI is InChI=1S/C12H9BrO2/c1-7-5-6-10(13)8-3-2-4-9(11(7)8)12(14)15/h2-6H,1H3,(H,14,15). The van der Waals surface area contributed by atoms with E-state index < -0.39 is 5.97 Å². The molecule has 2 aromatic rings. The Morgan fingerprint density at radius 2 is 2.00 bits per heavy atom. The molecule has 15 heavy (non-hydrogen) atoms. The van der Waals surface area contributed by atoms with Gasteiger partial charge in [-0.25, -0.2) is 4.79 Å². The molecule has 0 saturated carbocycles. The number of carboxylic acid groups (broad SMARTS) is 1. The van der Waals surface area contributed by atoms with Crippen molar-refractivity contribution < 1.29 is 9.90 Å². The Kier molecular flexibility index (Phi) is 2.49. The maximum absolute atomic E-state index is 11.1. The molecule has 0 fully saturated rings. The third-order valence-corrected chi connectivity index (χ3v) is 3.12. The largest absolute Gasteiger partial charge is 0.478 e. The molecule has 0 atom stereocenters. The molecule has 0 saturated heterocycles. The molecule has 76 valence electrons. The summed E-state index contributed by atoms with van der Waals surface area (Å²) in [4.78, 5) is 11.1. The zero-order valence-corrected chi connectivity index (χ0v) is 9.71. The van der Waals surface area contributed by atoms with Crippen LogP contribution >= 0.6 is 15.9 Å². The van der Waals surface area contributed by atoms with Crippen molar-refractivity contribution in [2.45, 2.75) is 6.92 Å². The highest BCUT2D eigenvalue weighted by Crippen LogP contribution is 2.29. The molecule has 0 amide bonds. The quantitative estimate of drug-likeness (QED) is 0.855. The summed E-state index contributed by atoms with van der Waals surface area (Å²) < 4.78 is 0.922. The second kappa shape index (κ2) is 3.66. The van der Waals surface area contributed by atoms with Crippen LogP contribution in [0.1, 0.15) is 15.9 Å². The van der Waals surface area contributed by atoms with E-state index in [0.717, 1.165) is 20.8 Å². The zero-order chi connectivity index (χ0) is 11.0. The molecule has 0 aromatic heterocycles. The SMILES string of the molecule is Cc1ccc(Br)c2cccc(C(=O)O)c12. The minimum absolute atomic E-state index is 0.353. The van der Waals surface area contributed by atoms with Gasteiger partial charge in [0, 0.05) is 9.86 Å². The molecule has 2 nitrogen and oxygen atoms in total. The fourth-order valence-electron chi connectivity index (χ4n) is 1.73. The number of rotatable bonds is 1. The lowest BCUT2D eigenvalue weighted by atomic mass is 10.0. The minimum atomic E-state index is -0.887. The van der Waals surface area contributed by atoms with E-state index >= 15 is 0 Å². The van der Waals surface area contributed by atoms with E-state index in [-0.39, 0.29) is 0 Å². The van der Waals surface area contributed by atoms with E-state index in [1.54, 1.807) is 12.1 Å². The smallest absolute Gasteiger partial charge is 0.336 e. The molecule has 0 unspecified atom stereocenters. The van der Waals surface area contributed by atoms with Crippen LogP contribution < -0.4 is 0 Å². The Hall–Kier alpha value is -1.35. The highest BCUT2D eigenvalue weighted by atomic mass is 79.9. The molecule has 3 heteroatoms. The van der Waals surface area contributed by atoms with Crippen molar-refractivity contribution in [3.8, 4) is 0 Å². The maximum atomic E-state index is 11.1. The number of benzene rings is 2.